The minimum Gasteiger partial charge on any atom is -0.489 e. The van der Waals surface area contributed by atoms with Crippen LogP contribution in [0.1, 0.15) is 5.56 Å². The van der Waals surface area contributed by atoms with Gasteiger partial charge in [-0.3, -0.25) is 9.78 Å². The van der Waals surface area contributed by atoms with E-state index in [9.17, 15) is 4.79 Å². The third-order valence-corrected chi connectivity index (χ3v) is 4.93. The van der Waals surface area contributed by atoms with Crippen LogP contribution in [0.15, 0.2) is 60.2 Å². The van der Waals surface area contributed by atoms with E-state index in [-0.39, 0.29) is 5.56 Å². The Kier molecular flexibility index (Phi) is 4.70. The van der Waals surface area contributed by atoms with Crippen LogP contribution in [-0.4, -0.2) is 26.2 Å². The molecule has 0 atom stereocenters. The Labute approximate surface area is 163 Å². The zero-order chi connectivity index (χ0) is 18.8. The number of rotatable bonds is 5. The Balaban J connectivity index is 1.80. The van der Waals surface area contributed by atoms with E-state index >= 15 is 0 Å². The van der Waals surface area contributed by atoms with Crippen molar-refractivity contribution in [2.75, 3.05) is 6.61 Å². The smallest absolute Gasteiger partial charge is 0.291 e. The van der Waals surface area contributed by atoms with Gasteiger partial charge in [-0.05, 0) is 36.4 Å². The second kappa shape index (κ2) is 7.30. The van der Waals surface area contributed by atoms with E-state index in [1.54, 1.807) is 54.9 Å². The van der Waals surface area contributed by atoms with E-state index < -0.39 is 0 Å². The molecule has 27 heavy (non-hydrogen) atoms. The number of benzene rings is 1. The summed E-state index contributed by atoms with van der Waals surface area (Å²) in [6, 6.07) is 8.84. The summed E-state index contributed by atoms with van der Waals surface area (Å²) < 4.78 is 7.44. The van der Waals surface area contributed by atoms with Crippen LogP contribution in [0.4, 0.5) is 0 Å². The van der Waals surface area contributed by atoms with E-state index in [4.69, 9.17) is 16.3 Å². The first-order valence-electron chi connectivity index (χ1n) is 8.00. The molecule has 3 aromatic heterocycles. The maximum Gasteiger partial charge on any atom is 0.291 e. The van der Waals surface area contributed by atoms with Crippen molar-refractivity contribution >= 4 is 34.0 Å². The third-order valence-electron chi connectivity index (χ3n) is 3.74. The molecule has 0 fully saturated rings. The number of ether oxygens (including phenoxy) is 1. The second-order valence-electron chi connectivity index (χ2n) is 5.56. The lowest BCUT2D eigenvalue weighted by Gasteiger charge is -2.07. The molecule has 0 bridgehead atoms. The molecule has 3 heterocycles. The predicted octanol–water partition coefficient (Wildman–Crippen LogP) is 2.98. The maximum atomic E-state index is 12.7. The number of halogens is 1. The van der Waals surface area contributed by atoms with Gasteiger partial charge >= 0.3 is 0 Å². The van der Waals surface area contributed by atoms with Crippen molar-refractivity contribution in [1.29, 1.82) is 0 Å². The van der Waals surface area contributed by atoms with Crippen LogP contribution in [0.3, 0.4) is 0 Å². The summed E-state index contributed by atoms with van der Waals surface area (Å²) in [5.74, 6) is 1.11. The lowest BCUT2D eigenvalue weighted by molar-refractivity contribution is 0.362. The molecule has 134 valence electrons. The molecule has 4 aromatic rings. The van der Waals surface area contributed by atoms with Crippen molar-refractivity contribution in [2.24, 2.45) is 0 Å². The van der Waals surface area contributed by atoms with Gasteiger partial charge in [0.2, 0.25) is 4.96 Å². The Hall–Kier alpha value is -3.03. The first-order valence-corrected chi connectivity index (χ1v) is 9.20. The fourth-order valence-electron chi connectivity index (χ4n) is 2.51. The average molecular weight is 397 g/mol. The molecular weight excluding hydrogens is 384 g/mol. The van der Waals surface area contributed by atoms with Crippen molar-refractivity contribution in [3.8, 4) is 17.1 Å². The molecule has 1 aromatic carbocycles. The lowest BCUT2D eigenvalue weighted by atomic mass is 10.2. The molecule has 4 rings (SSSR count). The molecule has 0 N–H and O–H groups in total. The maximum absolute atomic E-state index is 12.7. The topological polar surface area (TPSA) is 69.4 Å². The van der Waals surface area contributed by atoms with Gasteiger partial charge in [-0.15, -0.1) is 5.10 Å². The van der Waals surface area contributed by atoms with Crippen LogP contribution < -0.4 is 14.8 Å². The molecule has 0 aliphatic carbocycles. The summed E-state index contributed by atoms with van der Waals surface area (Å²) >= 11 is 7.36. The van der Waals surface area contributed by atoms with Gasteiger partial charge < -0.3 is 4.74 Å². The van der Waals surface area contributed by atoms with Gasteiger partial charge in [0.1, 0.15) is 12.4 Å². The number of fused-ring (bicyclic) bond motifs is 1. The highest BCUT2D eigenvalue weighted by Gasteiger charge is 2.12. The van der Waals surface area contributed by atoms with E-state index in [1.807, 2.05) is 0 Å². The van der Waals surface area contributed by atoms with E-state index in [0.29, 0.717) is 38.3 Å². The van der Waals surface area contributed by atoms with E-state index in [2.05, 4.69) is 21.6 Å². The van der Waals surface area contributed by atoms with Crippen LogP contribution in [-0.2, 0) is 0 Å². The Bertz CT molecular complexity index is 1230. The van der Waals surface area contributed by atoms with Crippen LogP contribution in [0.5, 0.6) is 5.75 Å². The number of hydrogen-bond acceptors (Lipinski definition) is 6. The van der Waals surface area contributed by atoms with Crippen LogP contribution in [0, 0.1) is 0 Å². The number of pyridine rings is 1. The SMILES string of the molecule is C=CCOc1ccc(Cl)cc1/C=c1\sc2nc(-c3ccncc3)nn2c1=O. The molecular formula is C19H13ClN4O2S. The van der Waals surface area contributed by atoms with Crippen LogP contribution in [0.25, 0.3) is 22.4 Å². The average Bonchev–Trinajstić information content (AvgIpc) is 3.22. The first-order chi connectivity index (χ1) is 13.2. The summed E-state index contributed by atoms with van der Waals surface area (Å²) in [7, 11) is 0. The highest BCUT2D eigenvalue weighted by molar-refractivity contribution is 7.15. The largest absolute Gasteiger partial charge is 0.489 e. The van der Waals surface area contributed by atoms with E-state index in [0.717, 1.165) is 5.56 Å². The number of nitrogens with zero attached hydrogens (tertiary/aromatic N) is 4. The fraction of sp³-hybridized carbons (Fsp3) is 0.0526. The van der Waals surface area contributed by atoms with Crippen molar-refractivity contribution in [1.82, 2.24) is 19.6 Å². The Morgan fingerprint density at radius 2 is 2.07 bits per heavy atom. The highest BCUT2D eigenvalue weighted by Crippen LogP contribution is 2.24. The third kappa shape index (κ3) is 3.47. The van der Waals surface area contributed by atoms with Crippen molar-refractivity contribution in [3.63, 3.8) is 0 Å². The van der Waals surface area contributed by atoms with Gasteiger partial charge in [-0.25, -0.2) is 0 Å². The van der Waals surface area contributed by atoms with Gasteiger partial charge in [-0.1, -0.05) is 35.6 Å². The molecule has 6 nitrogen and oxygen atoms in total. The minimum absolute atomic E-state index is 0.238. The minimum atomic E-state index is -0.238. The van der Waals surface area contributed by atoms with Gasteiger partial charge in [0, 0.05) is 28.5 Å². The van der Waals surface area contributed by atoms with Gasteiger partial charge in [-0.2, -0.15) is 9.50 Å². The van der Waals surface area contributed by atoms with Gasteiger partial charge in [0.15, 0.2) is 5.82 Å². The molecule has 0 radical (unpaired) electrons. The summed E-state index contributed by atoms with van der Waals surface area (Å²) in [4.78, 5) is 21.7. The summed E-state index contributed by atoms with van der Waals surface area (Å²) in [6.07, 6.45) is 6.71. The normalized spacial score (nSPS) is 11.8. The molecule has 0 aliphatic heterocycles. The summed E-state index contributed by atoms with van der Waals surface area (Å²) in [5, 5.41) is 4.87. The standard InChI is InChI=1S/C19H13ClN4O2S/c1-2-9-26-15-4-3-14(20)10-13(15)11-16-18(25)24-19(27-16)22-17(23-24)12-5-7-21-8-6-12/h2-8,10-11H,1,9H2/b16-11-. The number of thiazole rings is 1. The molecule has 8 heteroatoms. The van der Waals surface area contributed by atoms with Crippen LogP contribution >= 0.6 is 22.9 Å². The second-order valence-corrected chi connectivity index (χ2v) is 7.01. The van der Waals surface area contributed by atoms with E-state index in [1.165, 1.54) is 15.9 Å². The Morgan fingerprint density at radius 1 is 1.26 bits per heavy atom. The summed E-state index contributed by atoms with van der Waals surface area (Å²) in [6.45, 7) is 4.00. The first kappa shape index (κ1) is 17.4. The molecule has 0 amide bonds. The molecule has 0 unspecified atom stereocenters. The molecule has 0 saturated carbocycles. The number of hydrogen-bond donors (Lipinski definition) is 0. The molecule has 0 spiro atoms. The van der Waals surface area contributed by atoms with Crippen molar-refractivity contribution < 1.29 is 4.74 Å². The van der Waals surface area contributed by atoms with Crippen molar-refractivity contribution in [3.05, 3.63) is 80.9 Å². The van der Waals surface area contributed by atoms with Crippen LogP contribution in [0.2, 0.25) is 5.02 Å². The quantitative estimate of drug-likeness (QED) is 0.485. The lowest BCUT2D eigenvalue weighted by Crippen LogP contribution is -2.23. The molecule has 0 saturated heterocycles. The zero-order valence-electron chi connectivity index (χ0n) is 14.0. The predicted molar refractivity (Wildman–Crippen MR) is 106 cm³/mol. The summed E-state index contributed by atoms with van der Waals surface area (Å²) in [5.41, 5.74) is 1.28. The molecule has 0 aliphatic rings. The fourth-order valence-corrected chi connectivity index (χ4v) is 3.59. The Morgan fingerprint density at radius 3 is 2.81 bits per heavy atom. The zero-order valence-corrected chi connectivity index (χ0v) is 15.6. The monoisotopic (exact) mass is 396 g/mol. The van der Waals surface area contributed by atoms with Gasteiger partial charge in [0.05, 0.1) is 4.53 Å². The number of aromatic nitrogens is 4. The van der Waals surface area contributed by atoms with Crippen molar-refractivity contribution in [2.45, 2.75) is 0 Å². The highest BCUT2D eigenvalue weighted by atomic mass is 35.5. The van der Waals surface area contributed by atoms with Gasteiger partial charge in [0.25, 0.3) is 5.56 Å².